The third kappa shape index (κ3) is 5.96. The minimum Gasteiger partial charge on any atom is -0.396 e. The molecule has 0 amide bonds. The summed E-state index contributed by atoms with van der Waals surface area (Å²) in [5.41, 5.74) is 1.87. The standard InChI is InChI=1S/C16H24N2OS/c1-12(2)8-18-9-14-4-5-16(15(6-14)7-17)20-11-13(3)10-19/h4-6,12-13,18-19H,8-11H2,1-3H3. The molecule has 0 saturated carbocycles. The lowest BCUT2D eigenvalue weighted by Crippen LogP contribution is -2.19. The number of benzene rings is 1. The van der Waals surface area contributed by atoms with Gasteiger partial charge < -0.3 is 10.4 Å². The van der Waals surface area contributed by atoms with Crippen LogP contribution in [-0.4, -0.2) is 24.0 Å². The number of hydrogen-bond acceptors (Lipinski definition) is 4. The molecule has 1 unspecified atom stereocenters. The van der Waals surface area contributed by atoms with Crippen molar-refractivity contribution in [3.8, 4) is 6.07 Å². The van der Waals surface area contributed by atoms with Crippen LogP contribution >= 0.6 is 11.8 Å². The van der Waals surface area contributed by atoms with Crippen LogP contribution in [0.25, 0.3) is 0 Å². The minimum atomic E-state index is 0.187. The van der Waals surface area contributed by atoms with Crippen LogP contribution < -0.4 is 5.32 Å². The van der Waals surface area contributed by atoms with Crippen LogP contribution in [-0.2, 0) is 6.54 Å². The van der Waals surface area contributed by atoms with E-state index in [9.17, 15) is 5.26 Å². The van der Waals surface area contributed by atoms with E-state index in [1.165, 1.54) is 0 Å². The van der Waals surface area contributed by atoms with Gasteiger partial charge in [0.05, 0.1) is 5.56 Å². The van der Waals surface area contributed by atoms with Crippen LogP contribution in [0, 0.1) is 23.2 Å². The molecule has 110 valence electrons. The Kier molecular flexibility index (Phi) is 7.68. The van der Waals surface area contributed by atoms with Crippen molar-refractivity contribution in [1.82, 2.24) is 5.32 Å². The molecule has 1 aromatic rings. The highest BCUT2D eigenvalue weighted by Crippen LogP contribution is 2.25. The highest BCUT2D eigenvalue weighted by Gasteiger charge is 2.07. The molecule has 0 heterocycles. The molecule has 0 radical (unpaired) electrons. The molecule has 4 heteroatoms. The van der Waals surface area contributed by atoms with Gasteiger partial charge in [-0.2, -0.15) is 5.26 Å². The number of nitrogens with one attached hydrogen (secondary N) is 1. The number of rotatable bonds is 8. The minimum absolute atomic E-state index is 0.187. The van der Waals surface area contributed by atoms with Crippen molar-refractivity contribution in [2.45, 2.75) is 32.2 Å². The Bertz CT molecular complexity index is 454. The number of nitrogens with zero attached hydrogens (tertiary/aromatic N) is 1. The zero-order valence-electron chi connectivity index (χ0n) is 12.5. The first-order chi connectivity index (χ1) is 9.56. The van der Waals surface area contributed by atoms with Gasteiger partial charge >= 0.3 is 0 Å². The molecule has 1 rings (SSSR count). The molecule has 0 aliphatic rings. The van der Waals surface area contributed by atoms with Gasteiger partial charge in [0.1, 0.15) is 6.07 Å². The fraction of sp³-hybridized carbons (Fsp3) is 0.562. The summed E-state index contributed by atoms with van der Waals surface area (Å²) < 4.78 is 0. The van der Waals surface area contributed by atoms with Gasteiger partial charge in [0.2, 0.25) is 0 Å². The molecule has 3 nitrogen and oxygen atoms in total. The molecule has 2 N–H and O–H groups in total. The number of thioether (sulfide) groups is 1. The van der Waals surface area contributed by atoms with E-state index < -0.39 is 0 Å². The van der Waals surface area contributed by atoms with Gasteiger partial charge in [0.15, 0.2) is 0 Å². The van der Waals surface area contributed by atoms with E-state index in [2.05, 4.69) is 31.3 Å². The topological polar surface area (TPSA) is 56.0 Å². The lowest BCUT2D eigenvalue weighted by Gasteiger charge is -2.11. The zero-order chi connectivity index (χ0) is 15.0. The quantitative estimate of drug-likeness (QED) is 0.723. The van der Waals surface area contributed by atoms with Gasteiger partial charge in [-0.1, -0.05) is 26.8 Å². The molecule has 20 heavy (non-hydrogen) atoms. The Morgan fingerprint density at radius 3 is 2.70 bits per heavy atom. The molecular weight excluding hydrogens is 268 g/mol. The van der Waals surface area contributed by atoms with E-state index in [1.54, 1.807) is 11.8 Å². The summed E-state index contributed by atoms with van der Waals surface area (Å²) in [6, 6.07) is 8.31. The van der Waals surface area contributed by atoms with Crippen molar-refractivity contribution in [2.24, 2.45) is 11.8 Å². The molecule has 0 aromatic heterocycles. The van der Waals surface area contributed by atoms with Gasteiger partial charge in [0, 0.05) is 23.8 Å². The van der Waals surface area contributed by atoms with E-state index in [1.807, 2.05) is 19.1 Å². The third-order valence-electron chi connectivity index (χ3n) is 2.88. The summed E-state index contributed by atoms with van der Waals surface area (Å²) in [7, 11) is 0. The lowest BCUT2D eigenvalue weighted by atomic mass is 10.1. The summed E-state index contributed by atoms with van der Waals surface area (Å²) in [4.78, 5) is 1.00. The van der Waals surface area contributed by atoms with E-state index in [4.69, 9.17) is 5.11 Å². The zero-order valence-corrected chi connectivity index (χ0v) is 13.3. The van der Waals surface area contributed by atoms with Crippen molar-refractivity contribution in [3.63, 3.8) is 0 Å². The normalized spacial score (nSPS) is 12.4. The van der Waals surface area contributed by atoms with Crippen LogP contribution in [0.2, 0.25) is 0 Å². The summed E-state index contributed by atoms with van der Waals surface area (Å²) >= 11 is 1.64. The number of aliphatic hydroxyl groups excluding tert-OH is 1. The number of nitriles is 1. The van der Waals surface area contributed by atoms with Crippen LogP contribution in [0.15, 0.2) is 23.1 Å². The maximum absolute atomic E-state index is 9.25. The first-order valence-electron chi connectivity index (χ1n) is 7.04. The molecule has 0 saturated heterocycles. The Balaban J connectivity index is 2.63. The van der Waals surface area contributed by atoms with E-state index in [0.717, 1.165) is 34.9 Å². The number of hydrogen-bond donors (Lipinski definition) is 2. The second-order valence-electron chi connectivity index (χ2n) is 5.57. The van der Waals surface area contributed by atoms with Crippen LogP contribution in [0.5, 0.6) is 0 Å². The monoisotopic (exact) mass is 292 g/mol. The molecule has 1 aromatic carbocycles. The fourth-order valence-electron chi connectivity index (χ4n) is 1.69. The van der Waals surface area contributed by atoms with Crippen LogP contribution in [0.1, 0.15) is 31.9 Å². The molecule has 0 spiro atoms. The summed E-state index contributed by atoms with van der Waals surface area (Å²) in [6.07, 6.45) is 0. The Morgan fingerprint density at radius 1 is 1.35 bits per heavy atom. The second kappa shape index (κ2) is 9.02. The van der Waals surface area contributed by atoms with Gasteiger partial charge in [-0.15, -0.1) is 11.8 Å². The Labute approximate surface area is 126 Å². The van der Waals surface area contributed by atoms with E-state index >= 15 is 0 Å². The Hall–Kier alpha value is -1.02. The maximum Gasteiger partial charge on any atom is 0.100 e. The van der Waals surface area contributed by atoms with Crippen LogP contribution in [0.3, 0.4) is 0 Å². The molecule has 0 aliphatic carbocycles. The Morgan fingerprint density at radius 2 is 2.10 bits per heavy atom. The highest BCUT2D eigenvalue weighted by atomic mass is 32.2. The smallest absolute Gasteiger partial charge is 0.100 e. The van der Waals surface area contributed by atoms with E-state index in [0.29, 0.717) is 5.92 Å². The molecule has 0 fully saturated rings. The van der Waals surface area contributed by atoms with Crippen molar-refractivity contribution in [1.29, 1.82) is 5.26 Å². The summed E-state index contributed by atoms with van der Waals surface area (Å²) in [5, 5.41) is 21.7. The molecule has 0 bridgehead atoms. The van der Waals surface area contributed by atoms with Crippen molar-refractivity contribution < 1.29 is 5.11 Å². The lowest BCUT2D eigenvalue weighted by molar-refractivity contribution is 0.250. The van der Waals surface area contributed by atoms with Crippen molar-refractivity contribution in [3.05, 3.63) is 29.3 Å². The van der Waals surface area contributed by atoms with Crippen molar-refractivity contribution >= 4 is 11.8 Å². The molecule has 0 aliphatic heterocycles. The number of aliphatic hydroxyl groups is 1. The first kappa shape index (κ1) is 17.0. The second-order valence-corrected chi connectivity index (χ2v) is 6.63. The summed E-state index contributed by atoms with van der Waals surface area (Å²) in [5.74, 6) is 1.70. The van der Waals surface area contributed by atoms with Gasteiger partial charge in [0.25, 0.3) is 0 Å². The van der Waals surface area contributed by atoms with Gasteiger partial charge in [-0.25, -0.2) is 0 Å². The van der Waals surface area contributed by atoms with Crippen LogP contribution in [0.4, 0.5) is 0 Å². The van der Waals surface area contributed by atoms with E-state index in [-0.39, 0.29) is 12.5 Å². The SMILES string of the molecule is CC(C)CNCc1ccc(SCC(C)CO)c(C#N)c1. The van der Waals surface area contributed by atoms with Gasteiger partial charge in [-0.3, -0.25) is 0 Å². The maximum atomic E-state index is 9.25. The predicted octanol–water partition coefficient (Wildman–Crippen LogP) is 3.02. The molecular formula is C16H24N2OS. The highest BCUT2D eigenvalue weighted by molar-refractivity contribution is 7.99. The van der Waals surface area contributed by atoms with Gasteiger partial charge in [-0.05, 0) is 36.1 Å². The first-order valence-corrected chi connectivity index (χ1v) is 8.02. The van der Waals surface area contributed by atoms with Crippen molar-refractivity contribution in [2.75, 3.05) is 18.9 Å². The predicted molar refractivity (Wildman–Crippen MR) is 84.7 cm³/mol. The average Bonchev–Trinajstić information content (AvgIpc) is 2.44. The fourth-order valence-corrected chi connectivity index (χ4v) is 2.68. The third-order valence-corrected chi connectivity index (χ3v) is 4.28. The summed E-state index contributed by atoms with van der Waals surface area (Å²) in [6.45, 7) is 8.32. The average molecular weight is 292 g/mol. The molecule has 1 atom stereocenters. The largest absolute Gasteiger partial charge is 0.396 e.